The van der Waals surface area contributed by atoms with Gasteiger partial charge in [0.05, 0.1) is 12.8 Å². The normalized spacial score (nSPS) is 11.2. The molecule has 0 atom stereocenters. The lowest BCUT2D eigenvalue weighted by Crippen LogP contribution is -2.17. The molecule has 0 radical (unpaired) electrons. The standard InChI is InChI=1S/C16H18N4O/c1-19(10-13-4-6-15(21-2)7-5-13)11-14-12-20-9-3-8-17-16(20)18-14/h3-9,12H,10-11H2,1-2H3. The first-order valence-electron chi connectivity index (χ1n) is 6.84. The zero-order valence-electron chi connectivity index (χ0n) is 12.2. The average Bonchev–Trinajstić information content (AvgIpc) is 2.90. The monoisotopic (exact) mass is 282 g/mol. The molecule has 2 heterocycles. The first kappa shape index (κ1) is 13.6. The second kappa shape index (κ2) is 5.93. The van der Waals surface area contributed by atoms with Crippen molar-refractivity contribution in [2.45, 2.75) is 13.1 Å². The second-order valence-corrected chi connectivity index (χ2v) is 5.08. The van der Waals surface area contributed by atoms with Crippen LogP contribution in [0.5, 0.6) is 5.75 Å². The van der Waals surface area contributed by atoms with E-state index < -0.39 is 0 Å². The van der Waals surface area contributed by atoms with Gasteiger partial charge in [-0.15, -0.1) is 0 Å². The highest BCUT2D eigenvalue weighted by molar-refractivity contribution is 5.30. The van der Waals surface area contributed by atoms with Gasteiger partial charge in [0, 0.05) is 31.7 Å². The molecule has 0 unspecified atom stereocenters. The summed E-state index contributed by atoms with van der Waals surface area (Å²) in [5.41, 5.74) is 2.27. The number of hydrogen-bond donors (Lipinski definition) is 0. The molecule has 3 aromatic rings. The van der Waals surface area contributed by atoms with Crippen LogP contribution in [0.1, 0.15) is 11.3 Å². The molecule has 5 nitrogen and oxygen atoms in total. The van der Waals surface area contributed by atoms with Crippen molar-refractivity contribution in [1.82, 2.24) is 19.3 Å². The Labute approximate surface area is 123 Å². The molecule has 21 heavy (non-hydrogen) atoms. The van der Waals surface area contributed by atoms with Crippen molar-refractivity contribution in [1.29, 1.82) is 0 Å². The molecule has 1 aromatic carbocycles. The number of benzene rings is 1. The Bertz CT molecular complexity index is 687. The quantitative estimate of drug-likeness (QED) is 0.720. The molecular weight excluding hydrogens is 264 g/mol. The van der Waals surface area contributed by atoms with Gasteiger partial charge in [-0.3, -0.25) is 9.30 Å². The molecule has 108 valence electrons. The van der Waals surface area contributed by atoms with Crippen LogP contribution in [0.3, 0.4) is 0 Å². The summed E-state index contributed by atoms with van der Waals surface area (Å²) >= 11 is 0. The Morgan fingerprint density at radius 3 is 2.71 bits per heavy atom. The molecule has 5 heteroatoms. The zero-order valence-corrected chi connectivity index (χ0v) is 12.2. The topological polar surface area (TPSA) is 42.7 Å². The molecule has 3 rings (SSSR count). The molecular formula is C16H18N4O. The molecule has 0 aliphatic heterocycles. The lowest BCUT2D eigenvalue weighted by Gasteiger charge is -2.15. The number of methoxy groups -OCH3 is 1. The van der Waals surface area contributed by atoms with Crippen molar-refractivity contribution in [3.05, 3.63) is 60.2 Å². The van der Waals surface area contributed by atoms with Gasteiger partial charge in [-0.25, -0.2) is 9.97 Å². The summed E-state index contributed by atoms with van der Waals surface area (Å²) in [5.74, 6) is 1.62. The van der Waals surface area contributed by atoms with E-state index in [1.165, 1.54) is 5.56 Å². The smallest absolute Gasteiger partial charge is 0.233 e. The van der Waals surface area contributed by atoms with Crippen LogP contribution in [0.25, 0.3) is 5.78 Å². The fraction of sp³-hybridized carbons (Fsp3) is 0.250. The van der Waals surface area contributed by atoms with E-state index in [0.29, 0.717) is 0 Å². The van der Waals surface area contributed by atoms with Gasteiger partial charge < -0.3 is 4.74 Å². The highest BCUT2D eigenvalue weighted by Crippen LogP contribution is 2.13. The lowest BCUT2D eigenvalue weighted by molar-refractivity contribution is 0.315. The summed E-state index contributed by atoms with van der Waals surface area (Å²) in [7, 11) is 3.76. The predicted octanol–water partition coefficient (Wildman–Crippen LogP) is 2.37. The van der Waals surface area contributed by atoms with Crippen LogP contribution >= 0.6 is 0 Å². The van der Waals surface area contributed by atoms with E-state index in [1.807, 2.05) is 35.0 Å². The molecule has 0 amide bonds. The highest BCUT2D eigenvalue weighted by Gasteiger charge is 2.06. The maximum Gasteiger partial charge on any atom is 0.233 e. The zero-order chi connectivity index (χ0) is 14.7. The molecule has 0 bridgehead atoms. The van der Waals surface area contributed by atoms with Gasteiger partial charge in [-0.05, 0) is 30.8 Å². The number of rotatable bonds is 5. The predicted molar refractivity (Wildman–Crippen MR) is 81.2 cm³/mol. The lowest BCUT2D eigenvalue weighted by atomic mass is 10.2. The molecule has 0 saturated heterocycles. The van der Waals surface area contributed by atoms with Crippen LogP contribution in [0.2, 0.25) is 0 Å². The van der Waals surface area contributed by atoms with Crippen molar-refractivity contribution < 1.29 is 4.74 Å². The van der Waals surface area contributed by atoms with Crippen molar-refractivity contribution in [3.8, 4) is 5.75 Å². The van der Waals surface area contributed by atoms with Crippen molar-refractivity contribution in [2.75, 3.05) is 14.2 Å². The Morgan fingerprint density at radius 2 is 2.00 bits per heavy atom. The first-order chi connectivity index (χ1) is 10.2. The van der Waals surface area contributed by atoms with E-state index in [-0.39, 0.29) is 0 Å². The van der Waals surface area contributed by atoms with Gasteiger partial charge in [-0.1, -0.05) is 12.1 Å². The minimum Gasteiger partial charge on any atom is -0.497 e. The molecule has 0 saturated carbocycles. The third-order valence-electron chi connectivity index (χ3n) is 3.33. The van der Waals surface area contributed by atoms with E-state index in [9.17, 15) is 0 Å². The summed E-state index contributed by atoms with van der Waals surface area (Å²) < 4.78 is 7.11. The fourth-order valence-corrected chi connectivity index (χ4v) is 2.33. The van der Waals surface area contributed by atoms with E-state index in [1.54, 1.807) is 13.3 Å². The highest BCUT2D eigenvalue weighted by atomic mass is 16.5. The SMILES string of the molecule is COc1ccc(CN(C)Cc2cn3cccnc3n2)cc1. The molecule has 2 aromatic heterocycles. The minimum absolute atomic E-state index is 0.741. The third-order valence-corrected chi connectivity index (χ3v) is 3.33. The number of imidazole rings is 1. The van der Waals surface area contributed by atoms with Crippen LogP contribution in [-0.2, 0) is 13.1 Å². The van der Waals surface area contributed by atoms with Crippen LogP contribution in [-0.4, -0.2) is 33.4 Å². The van der Waals surface area contributed by atoms with Crippen LogP contribution in [0.15, 0.2) is 48.9 Å². The maximum atomic E-state index is 5.17. The van der Waals surface area contributed by atoms with Crippen LogP contribution in [0.4, 0.5) is 0 Å². The van der Waals surface area contributed by atoms with Crippen LogP contribution in [0, 0.1) is 0 Å². The summed E-state index contributed by atoms with van der Waals surface area (Å²) in [6.07, 6.45) is 5.74. The molecule has 0 fully saturated rings. The molecule has 0 aliphatic rings. The number of ether oxygens (including phenoxy) is 1. The number of aromatic nitrogens is 3. The van der Waals surface area contributed by atoms with Crippen molar-refractivity contribution in [3.63, 3.8) is 0 Å². The van der Waals surface area contributed by atoms with Crippen molar-refractivity contribution >= 4 is 5.78 Å². The summed E-state index contributed by atoms with van der Waals surface area (Å²) in [5, 5.41) is 0. The Morgan fingerprint density at radius 1 is 1.19 bits per heavy atom. The van der Waals surface area contributed by atoms with Crippen LogP contribution < -0.4 is 4.74 Å². The van der Waals surface area contributed by atoms with Gasteiger partial charge in [0.15, 0.2) is 0 Å². The maximum absolute atomic E-state index is 5.17. The summed E-state index contributed by atoms with van der Waals surface area (Å²) in [6.45, 7) is 1.65. The second-order valence-electron chi connectivity index (χ2n) is 5.08. The average molecular weight is 282 g/mol. The Kier molecular flexibility index (Phi) is 3.83. The van der Waals surface area contributed by atoms with Gasteiger partial charge in [0.1, 0.15) is 5.75 Å². The third kappa shape index (κ3) is 3.20. The summed E-state index contributed by atoms with van der Waals surface area (Å²) in [4.78, 5) is 11.0. The van der Waals surface area contributed by atoms with Crippen molar-refractivity contribution in [2.24, 2.45) is 0 Å². The van der Waals surface area contributed by atoms with Gasteiger partial charge in [0.25, 0.3) is 0 Å². The summed E-state index contributed by atoms with van der Waals surface area (Å²) in [6, 6.07) is 10.0. The number of fused-ring (bicyclic) bond motifs is 1. The number of nitrogens with zero attached hydrogens (tertiary/aromatic N) is 4. The van der Waals surface area contributed by atoms with E-state index >= 15 is 0 Å². The molecule has 0 spiro atoms. The Balaban J connectivity index is 1.66. The minimum atomic E-state index is 0.741. The number of hydrogen-bond acceptors (Lipinski definition) is 4. The largest absolute Gasteiger partial charge is 0.497 e. The Hall–Kier alpha value is -2.40. The first-order valence-corrected chi connectivity index (χ1v) is 6.84. The van der Waals surface area contributed by atoms with E-state index in [4.69, 9.17) is 4.74 Å². The van der Waals surface area contributed by atoms with Gasteiger partial charge >= 0.3 is 0 Å². The van der Waals surface area contributed by atoms with Gasteiger partial charge in [0.2, 0.25) is 5.78 Å². The fourth-order valence-electron chi connectivity index (χ4n) is 2.33. The van der Waals surface area contributed by atoms with E-state index in [0.717, 1.165) is 30.3 Å². The van der Waals surface area contributed by atoms with Gasteiger partial charge in [-0.2, -0.15) is 0 Å². The van der Waals surface area contributed by atoms with E-state index in [2.05, 4.69) is 34.0 Å². The molecule has 0 aliphatic carbocycles. The molecule has 0 N–H and O–H groups in total.